The third kappa shape index (κ3) is 3.44. The molecule has 0 fully saturated rings. The summed E-state index contributed by atoms with van der Waals surface area (Å²) in [6.07, 6.45) is 5.34. The van der Waals surface area contributed by atoms with E-state index < -0.39 is 0 Å². The summed E-state index contributed by atoms with van der Waals surface area (Å²) in [6, 6.07) is 11.8. The van der Waals surface area contributed by atoms with Gasteiger partial charge < -0.3 is 19.8 Å². The van der Waals surface area contributed by atoms with Crippen molar-refractivity contribution in [2.75, 3.05) is 20.8 Å². The number of hydrogen-bond donors (Lipinski definition) is 2. The Morgan fingerprint density at radius 1 is 1.07 bits per heavy atom. The molecule has 28 heavy (non-hydrogen) atoms. The molecule has 0 spiro atoms. The molecular formula is C23H26N2O3. The topological polar surface area (TPSA) is 63.3 Å². The Bertz CT molecular complexity index is 1010. The van der Waals surface area contributed by atoms with Crippen molar-refractivity contribution in [3.8, 4) is 11.5 Å². The van der Waals surface area contributed by atoms with Crippen LogP contribution in [-0.2, 0) is 19.3 Å². The number of fused-ring (bicyclic) bond motifs is 3. The third-order valence-electron chi connectivity index (χ3n) is 5.53. The van der Waals surface area contributed by atoms with Crippen LogP contribution >= 0.6 is 0 Å². The van der Waals surface area contributed by atoms with Crippen LogP contribution in [0.2, 0.25) is 0 Å². The summed E-state index contributed by atoms with van der Waals surface area (Å²) in [5, 5.41) is 4.25. The third-order valence-corrected chi connectivity index (χ3v) is 5.53. The van der Waals surface area contributed by atoms with Crippen LogP contribution in [0.5, 0.6) is 11.5 Å². The van der Waals surface area contributed by atoms with Gasteiger partial charge in [0.25, 0.3) is 5.91 Å². The van der Waals surface area contributed by atoms with E-state index in [0.29, 0.717) is 18.0 Å². The first-order valence-electron chi connectivity index (χ1n) is 9.83. The summed E-state index contributed by atoms with van der Waals surface area (Å²) >= 11 is 0. The van der Waals surface area contributed by atoms with E-state index in [2.05, 4.69) is 16.4 Å². The van der Waals surface area contributed by atoms with Crippen molar-refractivity contribution in [1.29, 1.82) is 0 Å². The molecule has 0 saturated heterocycles. The van der Waals surface area contributed by atoms with Crippen molar-refractivity contribution in [2.45, 2.75) is 32.1 Å². The van der Waals surface area contributed by atoms with Gasteiger partial charge in [-0.1, -0.05) is 18.2 Å². The van der Waals surface area contributed by atoms with Crippen LogP contribution in [0.1, 0.15) is 40.0 Å². The van der Waals surface area contributed by atoms with Crippen LogP contribution in [0.3, 0.4) is 0 Å². The van der Waals surface area contributed by atoms with Gasteiger partial charge in [-0.3, -0.25) is 4.79 Å². The molecule has 4 rings (SSSR count). The molecule has 2 aromatic carbocycles. The molecule has 1 aliphatic rings. The van der Waals surface area contributed by atoms with Gasteiger partial charge in [0.2, 0.25) is 0 Å². The predicted molar refractivity (Wildman–Crippen MR) is 111 cm³/mol. The second-order valence-corrected chi connectivity index (χ2v) is 7.21. The fourth-order valence-electron chi connectivity index (χ4n) is 4.07. The van der Waals surface area contributed by atoms with E-state index in [0.717, 1.165) is 35.9 Å². The Morgan fingerprint density at radius 2 is 1.89 bits per heavy atom. The number of aryl methyl sites for hydroxylation is 2. The maximum atomic E-state index is 12.8. The van der Waals surface area contributed by atoms with Crippen LogP contribution < -0.4 is 14.8 Å². The molecular weight excluding hydrogens is 352 g/mol. The lowest BCUT2D eigenvalue weighted by Crippen LogP contribution is -2.26. The zero-order valence-electron chi connectivity index (χ0n) is 16.4. The lowest BCUT2D eigenvalue weighted by atomic mass is 9.95. The lowest BCUT2D eigenvalue weighted by Gasteiger charge is -2.10. The lowest BCUT2D eigenvalue weighted by molar-refractivity contribution is 0.0955. The predicted octanol–water partition coefficient (Wildman–Crippen LogP) is 4.04. The number of para-hydroxylation sites is 1. The Morgan fingerprint density at radius 3 is 2.71 bits per heavy atom. The SMILES string of the molecule is COc1ccc(CCNC(=O)c2cccc3c4c([nH]c23)CCCC4)cc1OC. The molecule has 5 heteroatoms. The number of benzene rings is 2. The van der Waals surface area contributed by atoms with Crippen molar-refractivity contribution in [1.82, 2.24) is 10.3 Å². The molecule has 0 radical (unpaired) electrons. The molecule has 5 nitrogen and oxygen atoms in total. The fraction of sp³-hybridized carbons (Fsp3) is 0.348. The number of carbonyl (C=O) groups is 1. The summed E-state index contributed by atoms with van der Waals surface area (Å²) in [4.78, 5) is 16.3. The van der Waals surface area contributed by atoms with E-state index >= 15 is 0 Å². The van der Waals surface area contributed by atoms with Gasteiger partial charge >= 0.3 is 0 Å². The van der Waals surface area contributed by atoms with Gasteiger partial charge in [0, 0.05) is 17.6 Å². The highest BCUT2D eigenvalue weighted by molar-refractivity contribution is 6.06. The highest BCUT2D eigenvalue weighted by Crippen LogP contribution is 2.31. The van der Waals surface area contributed by atoms with E-state index in [1.54, 1.807) is 14.2 Å². The number of ether oxygens (including phenoxy) is 2. The Labute approximate surface area is 165 Å². The highest BCUT2D eigenvalue weighted by Gasteiger charge is 2.19. The number of carbonyl (C=O) groups excluding carboxylic acids is 1. The number of methoxy groups -OCH3 is 2. The number of hydrogen-bond acceptors (Lipinski definition) is 3. The van der Waals surface area contributed by atoms with Crippen molar-refractivity contribution in [2.24, 2.45) is 0 Å². The van der Waals surface area contributed by atoms with E-state index in [-0.39, 0.29) is 5.91 Å². The van der Waals surface area contributed by atoms with Gasteiger partial charge in [0.1, 0.15) is 0 Å². The Balaban J connectivity index is 1.47. The minimum Gasteiger partial charge on any atom is -0.493 e. The summed E-state index contributed by atoms with van der Waals surface area (Å²) in [5.41, 5.74) is 5.47. The molecule has 1 aromatic heterocycles. The summed E-state index contributed by atoms with van der Waals surface area (Å²) in [6.45, 7) is 0.561. The maximum Gasteiger partial charge on any atom is 0.253 e. The van der Waals surface area contributed by atoms with Gasteiger partial charge in [0.05, 0.1) is 25.3 Å². The van der Waals surface area contributed by atoms with E-state index in [9.17, 15) is 4.79 Å². The van der Waals surface area contributed by atoms with Crippen LogP contribution in [0.15, 0.2) is 36.4 Å². The molecule has 1 aliphatic carbocycles. The van der Waals surface area contributed by atoms with Crippen LogP contribution in [-0.4, -0.2) is 31.7 Å². The Kier molecular flexibility index (Phi) is 5.24. The van der Waals surface area contributed by atoms with E-state index in [1.807, 2.05) is 30.3 Å². The minimum atomic E-state index is -0.0373. The smallest absolute Gasteiger partial charge is 0.253 e. The second kappa shape index (κ2) is 7.97. The first-order chi connectivity index (χ1) is 13.7. The van der Waals surface area contributed by atoms with Gasteiger partial charge in [-0.05, 0) is 61.4 Å². The zero-order chi connectivity index (χ0) is 19.5. The first kappa shape index (κ1) is 18.4. The number of amides is 1. The van der Waals surface area contributed by atoms with Crippen LogP contribution in [0, 0.1) is 0 Å². The van der Waals surface area contributed by atoms with Crippen molar-refractivity contribution < 1.29 is 14.3 Å². The monoisotopic (exact) mass is 378 g/mol. The van der Waals surface area contributed by atoms with E-state index in [4.69, 9.17) is 9.47 Å². The summed E-state index contributed by atoms with van der Waals surface area (Å²) in [7, 11) is 3.25. The molecule has 1 heterocycles. The molecule has 0 aliphatic heterocycles. The molecule has 2 N–H and O–H groups in total. The average molecular weight is 378 g/mol. The van der Waals surface area contributed by atoms with Crippen molar-refractivity contribution in [3.63, 3.8) is 0 Å². The minimum absolute atomic E-state index is 0.0373. The van der Waals surface area contributed by atoms with Gasteiger partial charge in [-0.15, -0.1) is 0 Å². The molecule has 0 unspecified atom stereocenters. The maximum absolute atomic E-state index is 12.8. The highest BCUT2D eigenvalue weighted by atomic mass is 16.5. The molecule has 0 atom stereocenters. The molecule has 0 saturated carbocycles. The first-order valence-corrected chi connectivity index (χ1v) is 9.83. The van der Waals surface area contributed by atoms with Gasteiger partial charge in [-0.25, -0.2) is 0 Å². The Hall–Kier alpha value is -2.95. The standard InChI is InChI=1S/C23H26N2O3/c1-27-20-11-10-15(14-21(20)28-2)12-13-24-23(26)18-8-5-7-17-16-6-3-4-9-19(16)25-22(17)18/h5,7-8,10-11,14,25H,3-4,6,9,12-13H2,1-2H3,(H,24,26). The van der Waals surface area contributed by atoms with Crippen LogP contribution in [0.25, 0.3) is 10.9 Å². The van der Waals surface area contributed by atoms with Gasteiger partial charge in [0.15, 0.2) is 11.5 Å². The number of aromatic nitrogens is 1. The molecule has 1 amide bonds. The molecule has 146 valence electrons. The number of aromatic amines is 1. The molecule has 3 aromatic rings. The second-order valence-electron chi connectivity index (χ2n) is 7.21. The summed E-state index contributed by atoms with van der Waals surface area (Å²) < 4.78 is 10.6. The van der Waals surface area contributed by atoms with E-state index in [1.165, 1.54) is 29.5 Å². The quantitative estimate of drug-likeness (QED) is 0.681. The largest absolute Gasteiger partial charge is 0.493 e. The van der Waals surface area contributed by atoms with Gasteiger partial charge in [-0.2, -0.15) is 0 Å². The van der Waals surface area contributed by atoms with Crippen LogP contribution in [0.4, 0.5) is 0 Å². The van der Waals surface area contributed by atoms with Crippen molar-refractivity contribution >= 4 is 16.8 Å². The number of nitrogens with one attached hydrogen (secondary N) is 2. The van der Waals surface area contributed by atoms with Crippen molar-refractivity contribution in [3.05, 3.63) is 58.8 Å². The number of H-pyrrole nitrogens is 1. The zero-order valence-corrected chi connectivity index (χ0v) is 16.4. The number of rotatable bonds is 6. The summed E-state index contributed by atoms with van der Waals surface area (Å²) in [5.74, 6) is 1.37. The average Bonchev–Trinajstić information content (AvgIpc) is 3.12. The fourth-order valence-corrected chi connectivity index (χ4v) is 4.07. The normalized spacial score (nSPS) is 13.2. The molecule has 0 bridgehead atoms.